The molecule has 0 bridgehead atoms. The molecule has 0 aliphatic carbocycles. The van der Waals surface area contributed by atoms with Crippen molar-refractivity contribution in [2.24, 2.45) is 5.92 Å². The summed E-state index contributed by atoms with van der Waals surface area (Å²) in [5, 5.41) is 3.08. The maximum atomic E-state index is 13.8. The van der Waals surface area contributed by atoms with Crippen LogP contribution in [0.15, 0.2) is 29.6 Å². The largest absolute Gasteiger partial charge is 0.417 e. The molecule has 1 saturated heterocycles. The highest BCUT2D eigenvalue weighted by Gasteiger charge is 2.45. The van der Waals surface area contributed by atoms with Crippen LogP contribution in [0.3, 0.4) is 0 Å². The number of halogens is 5. The molecule has 0 saturated carbocycles. The lowest BCUT2D eigenvalue weighted by Crippen LogP contribution is -2.32. The van der Waals surface area contributed by atoms with Crippen molar-refractivity contribution < 1.29 is 31.5 Å². The molecule has 1 N–H and O–H groups in total. The second-order valence-corrected chi connectivity index (χ2v) is 7.07. The first kappa shape index (κ1) is 19.3. The lowest BCUT2D eigenvalue weighted by atomic mass is 9.92. The van der Waals surface area contributed by atoms with Gasteiger partial charge in [0.05, 0.1) is 11.3 Å². The van der Waals surface area contributed by atoms with Crippen LogP contribution < -0.4 is 5.32 Å². The number of carbonyl (C=O) groups is 2. The number of thiophene rings is 1. The summed E-state index contributed by atoms with van der Waals surface area (Å²) in [6, 6.07) is 4.09. The van der Waals surface area contributed by atoms with Crippen LogP contribution in [0, 0.1) is 17.6 Å². The van der Waals surface area contributed by atoms with Crippen molar-refractivity contribution in [3.05, 3.63) is 51.7 Å². The van der Waals surface area contributed by atoms with Gasteiger partial charge in [-0.25, -0.2) is 8.78 Å². The summed E-state index contributed by atoms with van der Waals surface area (Å²) in [7, 11) is 1.42. The molecule has 1 aromatic heterocycles. The fraction of sp³-hybridized carbons (Fsp3) is 0.294. The predicted molar refractivity (Wildman–Crippen MR) is 88.2 cm³/mol. The number of anilines is 1. The van der Waals surface area contributed by atoms with Gasteiger partial charge in [-0.3, -0.25) is 9.59 Å². The number of hydrogen-bond donors (Lipinski definition) is 1. The van der Waals surface area contributed by atoms with Gasteiger partial charge in [0, 0.05) is 29.8 Å². The molecular weight excluding hydrogens is 391 g/mol. The number of likely N-dealkylation sites (tertiary alicyclic amines) is 1. The molecule has 0 unspecified atom stereocenters. The lowest BCUT2D eigenvalue weighted by molar-refractivity contribution is -0.137. The van der Waals surface area contributed by atoms with Gasteiger partial charge in [-0.15, -0.1) is 11.3 Å². The minimum Gasteiger partial charge on any atom is -0.344 e. The zero-order valence-electron chi connectivity index (χ0n) is 13.8. The average molecular weight is 404 g/mol. The topological polar surface area (TPSA) is 49.4 Å². The van der Waals surface area contributed by atoms with Crippen molar-refractivity contribution in [3.8, 4) is 0 Å². The third-order valence-electron chi connectivity index (χ3n) is 4.32. The molecule has 10 heteroatoms. The summed E-state index contributed by atoms with van der Waals surface area (Å²) in [6.07, 6.45) is -4.54. The number of benzene rings is 1. The van der Waals surface area contributed by atoms with Crippen LogP contribution in [0.25, 0.3) is 0 Å². The highest BCUT2D eigenvalue weighted by Crippen LogP contribution is 2.40. The first-order valence-electron chi connectivity index (χ1n) is 7.75. The number of nitrogens with one attached hydrogen (secondary N) is 1. The summed E-state index contributed by atoms with van der Waals surface area (Å²) in [4.78, 5) is 26.4. The normalized spacial score (nSPS) is 20.2. The Labute approximate surface area is 154 Å². The Kier molecular flexibility index (Phi) is 4.94. The van der Waals surface area contributed by atoms with Crippen LogP contribution >= 0.6 is 11.3 Å². The molecule has 1 aromatic carbocycles. The number of rotatable bonds is 3. The Balaban J connectivity index is 1.89. The van der Waals surface area contributed by atoms with Gasteiger partial charge in [-0.2, -0.15) is 13.2 Å². The number of hydrogen-bond acceptors (Lipinski definition) is 3. The fourth-order valence-corrected chi connectivity index (χ4v) is 4.00. The summed E-state index contributed by atoms with van der Waals surface area (Å²) in [5.41, 5.74) is -1.30. The van der Waals surface area contributed by atoms with Gasteiger partial charge in [-0.1, -0.05) is 6.07 Å². The summed E-state index contributed by atoms with van der Waals surface area (Å²) < 4.78 is 65.6. The standard InChI is InChI=1S/C17H13F5N2O2S/c1-24-6-9(12-5-8(7-27-12)17(20,21)22)13(16(24)26)15(25)23-11-4-2-3-10(18)14(11)19/h2-5,7,9,13H,6H2,1H3,(H,23,25)/t9-,13+/m1/s1. The van der Waals surface area contributed by atoms with E-state index in [1.807, 2.05) is 0 Å². The van der Waals surface area contributed by atoms with Crippen LogP contribution in [0.2, 0.25) is 0 Å². The molecule has 2 heterocycles. The highest BCUT2D eigenvalue weighted by molar-refractivity contribution is 7.10. The predicted octanol–water partition coefficient (Wildman–Crippen LogP) is 3.86. The van der Waals surface area contributed by atoms with Crippen molar-refractivity contribution in [2.45, 2.75) is 12.1 Å². The van der Waals surface area contributed by atoms with Crippen LogP contribution in [-0.2, 0) is 15.8 Å². The molecule has 4 nitrogen and oxygen atoms in total. The van der Waals surface area contributed by atoms with E-state index in [-0.39, 0.29) is 11.4 Å². The van der Waals surface area contributed by atoms with E-state index in [4.69, 9.17) is 0 Å². The smallest absolute Gasteiger partial charge is 0.344 e. The molecule has 2 amide bonds. The molecule has 0 radical (unpaired) electrons. The van der Waals surface area contributed by atoms with Crippen molar-refractivity contribution in [2.75, 3.05) is 18.9 Å². The second-order valence-electron chi connectivity index (χ2n) is 6.13. The van der Waals surface area contributed by atoms with Crippen molar-refractivity contribution in [1.29, 1.82) is 0 Å². The number of nitrogens with zero attached hydrogens (tertiary/aromatic N) is 1. The monoisotopic (exact) mass is 404 g/mol. The summed E-state index contributed by atoms with van der Waals surface area (Å²) >= 11 is 0.798. The average Bonchev–Trinajstić information content (AvgIpc) is 3.17. The molecule has 2 aromatic rings. The fourth-order valence-electron chi connectivity index (χ4n) is 2.96. The third kappa shape index (κ3) is 3.66. The van der Waals surface area contributed by atoms with E-state index in [1.54, 1.807) is 0 Å². The quantitative estimate of drug-likeness (QED) is 0.624. The molecule has 1 aliphatic heterocycles. The van der Waals surface area contributed by atoms with E-state index in [2.05, 4.69) is 5.32 Å². The second kappa shape index (κ2) is 6.91. The molecular formula is C17H13F5N2O2S. The minimum absolute atomic E-state index is 0.0420. The van der Waals surface area contributed by atoms with Crippen LogP contribution in [0.4, 0.5) is 27.6 Å². The van der Waals surface area contributed by atoms with Gasteiger partial charge in [-0.05, 0) is 18.2 Å². The number of amides is 2. The van der Waals surface area contributed by atoms with Crippen LogP contribution in [-0.4, -0.2) is 30.3 Å². The van der Waals surface area contributed by atoms with Crippen molar-refractivity contribution >= 4 is 28.8 Å². The Morgan fingerprint density at radius 3 is 2.63 bits per heavy atom. The van der Waals surface area contributed by atoms with Crippen LogP contribution in [0.5, 0.6) is 0 Å². The first-order chi connectivity index (χ1) is 12.6. The Morgan fingerprint density at radius 1 is 1.30 bits per heavy atom. The van der Waals surface area contributed by atoms with E-state index < -0.39 is 52.7 Å². The van der Waals surface area contributed by atoms with Crippen molar-refractivity contribution in [3.63, 3.8) is 0 Å². The van der Waals surface area contributed by atoms with Gasteiger partial charge in [0.25, 0.3) is 0 Å². The minimum atomic E-state index is -4.54. The van der Waals surface area contributed by atoms with E-state index in [0.717, 1.165) is 34.9 Å². The maximum absolute atomic E-state index is 13.8. The van der Waals surface area contributed by atoms with E-state index >= 15 is 0 Å². The van der Waals surface area contributed by atoms with E-state index in [9.17, 15) is 31.5 Å². The van der Waals surface area contributed by atoms with E-state index in [1.165, 1.54) is 18.0 Å². The number of carbonyl (C=O) groups excluding carboxylic acids is 2. The molecule has 1 fully saturated rings. The van der Waals surface area contributed by atoms with Crippen LogP contribution in [0.1, 0.15) is 16.4 Å². The molecule has 1 aliphatic rings. The zero-order chi connectivity index (χ0) is 19.9. The third-order valence-corrected chi connectivity index (χ3v) is 5.38. The van der Waals surface area contributed by atoms with Gasteiger partial charge >= 0.3 is 6.18 Å². The number of alkyl halides is 3. The van der Waals surface area contributed by atoms with Gasteiger partial charge in [0.15, 0.2) is 11.6 Å². The maximum Gasteiger partial charge on any atom is 0.417 e. The first-order valence-corrected chi connectivity index (χ1v) is 8.63. The molecule has 0 spiro atoms. The Hall–Kier alpha value is -2.49. The SMILES string of the molecule is CN1C[C@H](c2cc(C(F)(F)F)cs2)[C@@H](C(=O)Nc2cccc(F)c2F)C1=O. The number of likely N-dealkylation sites (N-methyl/N-ethyl adjacent to an activating group) is 1. The molecule has 2 atom stereocenters. The van der Waals surface area contributed by atoms with Gasteiger partial charge < -0.3 is 10.2 Å². The summed E-state index contributed by atoms with van der Waals surface area (Å²) in [5.74, 6) is -6.11. The zero-order valence-corrected chi connectivity index (χ0v) is 14.6. The molecule has 27 heavy (non-hydrogen) atoms. The summed E-state index contributed by atoms with van der Waals surface area (Å²) in [6.45, 7) is 0.0420. The van der Waals surface area contributed by atoms with E-state index in [0.29, 0.717) is 0 Å². The highest BCUT2D eigenvalue weighted by atomic mass is 32.1. The van der Waals surface area contributed by atoms with Crippen molar-refractivity contribution in [1.82, 2.24) is 4.90 Å². The van der Waals surface area contributed by atoms with Gasteiger partial charge in [0.2, 0.25) is 11.8 Å². The Bertz CT molecular complexity index is 896. The van der Waals surface area contributed by atoms with Gasteiger partial charge in [0.1, 0.15) is 5.92 Å². The lowest BCUT2D eigenvalue weighted by Gasteiger charge is -2.16. The molecule has 3 rings (SSSR count). The Morgan fingerprint density at radius 2 is 2.00 bits per heavy atom. The molecule has 144 valence electrons.